The Morgan fingerprint density at radius 2 is 1.62 bits per heavy atom. The number of primary amides is 1. The Hall–Kier alpha value is -4.34. The van der Waals surface area contributed by atoms with Crippen molar-refractivity contribution in [3.8, 4) is 17.2 Å². The van der Waals surface area contributed by atoms with Crippen LogP contribution in [-0.4, -0.2) is 37.3 Å². The number of carbonyl (C=O) groups excluding carboxylic acids is 2. The number of alkyl halides is 5. The highest BCUT2D eigenvalue weighted by molar-refractivity contribution is 7.91. The van der Waals surface area contributed by atoms with Crippen molar-refractivity contribution in [2.45, 2.75) is 17.0 Å². The van der Waals surface area contributed by atoms with E-state index in [0.717, 1.165) is 42.6 Å². The molecular weight excluding hydrogens is 536 g/mol. The predicted octanol–water partition coefficient (Wildman–Crippen LogP) is 4.26. The summed E-state index contributed by atoms with van der Waals surface area (Å²) in [6.07, 6.45) is -3.92. The third-order valence-corrected chi connectivity index (χ3v) is 5.79. The molecule has 3 rings (SSSR count). The van der Waals surface area contributed by atoms with Crippen LogP contribution in [0.5, 0.6) is 17.2 Å². The van der Waals surface area contributed by atoms with Crippen LogP contribution in [0.1, 0.15) is 20.8 Å². The number of nitrogens with one attached hydrogen (secondary N) is 1. The first-order chi connectivity index (χ1) is 17.2. The van der Waals surface area contributed by atoms with E-state index in [9.17, 15) is 40.0 Å². The minimum absolute atomic E-state index is 0.157. The molecule has 0 aliphatic carbocycles. The Morgan fingerprint density at radius 3 is 2.19 bits per heavy atom. The molecule has 0 unspecified atom stereocenters. The highest BCUT2D eigenvalue weighted by Gasteiger charge is 2.34. The van der Waals surface area contributed by atoms with Crippen molar-refractivity contribution in [2.75, 3.05) is 5.32 Å². The standard InChI is InChI=1S/C21H13F6N3O6S/c22-17-15(37(33,34)20(23)24)6-5-14(35-11-1-3-12(4-2-11)36-21(25,26)27)16(17)19(32)30-10-7-8-29-13(9-10)18(28)31/h1-9,20H,(H2,28,31)(H,29,30,32). The highest BCUT2D eigenvalue weighted by Crippen LogP contribution is 2.34. The van der Waals surface area contributed by atoms with Gasteiger partial charge < -0.3 is 20.5 Å². The predicted molar refractivity (Wildman–Crippen MR) is 113 cm³/mol. The summed E-state index contributed by atoms with van der Waals surface area (Å²) in [5, 5.41) is 2.13. The SMILES string of the molecule is NC(=O)c1cc(NC(=O)c2c(Oc3ccc(OC(F)(F)F)cc3)ccc(S(=O)(=O)C(F)F)c2F)ccn1. The lowest BCUT2D eigenvalue weighted by Crippen LogP contribution is -2.20. The fourth-order valence-corrected chi connectivity index (χ4v) is 3.63. The molecule has 0 atom stereocenters. The number of halogens is 6. The van der Waals surface area contributed by atoms with Gasteiger partial charge in [-0.15, -0.1) is 13.2 Å². The number of amides is 2. The molecule has 9 nitrogen and oxygen atoms in total. The number of benzene rings is 2. The molecule has 0 saturated heterocycles. The summed E-state index contributed by atoms with van der Waals surface area (Å²) in [5.74, 6) is -9.86. The number of nitrogens with two attached hydrogens (primary N) is 1. The number of rotatable bonds is 8. The number of hydrogen-bond acceptors (Lipinski definition) is 7. The van der Waals surface area contributed by atoms with Gasteiger partial charge in [0.1, 0.15) is 33.4 Å². The van der Waals surface area contributed by atoms with Gasteiger partial charge in [-0.25, -0.2) is 12.8 Å². The maximum Gasteiger partial charge on any atom is 0.573 e. The highest BCUT2D eigenvalue weighted by atomic mass is 32.2. The minimum Gasteiger partial charge on any atom is -0.456 e. The molecule has 196 valence electrons. The minimum atomic E-state index is -5.51. The third kappa shape index (κ3) is 6.46. The van der Waals surface area contributed by atoms with E-state index in [0.29, 0.717) is 12.1 Å². The van der Waals surface area contributed by atoms with Gasteiger partial charge in [-0.2, -0.15) is 8.78 Å². The second kappa shape index (κ2) is 10.3. The van der Waals surface area contributed by atoms with Crippen molar-refractivity contribution in [1.29, 1.82) is 0 Å². The van der Waals surface area contributed by atoms with Gasteiger partial charge in [0.15, 0.2) is 5.82 Å². The van der Waals surface area contributed by atoms with E-state index < -0.39 is 61.5 Å². The summed E-state index contributed by atoms with van der Waals surface area (Å²) in [7, 11) is -5.51. The third-order valence-electron chi connectivity index (χ3n) is 4.39. The van der Waals surface area contributed by atoms with E-state index in [1.165, 1.54) is 0 Å². The van der Waals surface area contributed by atoms with Gasteiger partial charge in [0.05, 0.1) is 0 Å². The number of ether oxygens (including phenoxy) is 2. The first-order valence-corrected chi connectivity index (χ1v) is 11.2. The molecule has 2 amide bonds. The molecule has 16 heteroatoms. The van der Waals surface area contributed by atoms with Gasteiger partial charge in [-0.1, -0.05) is 0 Å². The van der Waals surface area contributed by atoms with Crippen LogP contribution in [0.25, 0.3) is 0 Å². The lowest BCUT2D eigenvalue weighted by molar-refractivity contribution is -0.274. The summed E-state index contributed by atoms with van der Waals surface area (Å²) in [4.78, 5) is 26.3. The average molecular weight is 549 g/mol. The molecule has 0 bridgehead atoms. The lowest BCUT2D eigenvalue weighted by atomic mass is 10.1. The second-order valence-corrected chi connectivity index (χ2v) is 8.81. The van der Waals surface area contributed by atoms with Crippen molar-refractivity contribution in [3.63, 3.8) is 0 Å². The number of anilines is 1. The molecular formula is C21H13F6N3O6S. The van der Waals surface area contributed by atoms with E-state index in [4.69, 9.17) is 10.5 Å². The molecule has 37 heavy (non-hydrogen) atoms. The number of carbonyl (C=O) groups is 2. The fourth-order valence-electron chi connectivity index (χ4n) is 2.82. The number of aromatic nitrogens is 1. The number of sulfone groups is 1. The summed E-state index contributed by atoms with van der Waals surface area (Å²) < 4.78 is 111. The van der Waals surface area contributed by atoms with Crippen molar-refractivity contribution in [1.82, 2.24) is 4.98 Å². The zero-order valence-corrected chi connectivity index (χ0v) is 18.7. The van der Waals surface area contributed by atoms with E-state index in [2.05, 4.69) is 15.0 Å². The second-order valence-electron chi connectivity index (χ2n) is 6.93. The van der Waals surface area contributed by atoms with Crippen LogP contribution >= 0.6 is 0 Å². The van der Waals surface area contributed by atoms with E-state index in [1.807, 2.05) is 0 Å². The van der Waals surface area contributed by atoms with Gasteiger partial charge in [0, 0.05) is 11.9 Å². The quantitative estimate of drug-likeness (QED) is 0.401. The van der Waals surface area contributed by atoms with Crippen LogP contribution in [-0.2, 0) is 9.84 Å². The Balaban J connectivity index is 2.04. The Bertz CT molecular complexity index is 1450. The number of hydrogen-bond donors (Lipinski definition) is 2. The van der Waals surface area contributed by atoms with Gasteiger partial charge >= 0.3 is 12.1 Å². The molecule has 3 aromatic rings. The molecule has 2 aromatic carbocycles. The average Bonchev–Trinajstić information content (AvgIpc) is 2.79. The molecule has 0 aliphatic rings. The molecule has 0 spiro atoms. The van der Waals surface area contributed by atoms with Crippen LogP contribution < -0.4 is 20.5 Å². The van der Waals surface area contributed by atoms with Gasteiger partial charge in [0.25, 0.3) is 11.8 Å². The molecule has 0 saturated carbocycles. The maximum absolute atomic E-state index is 15.2. The summed E-state index contributed by atoms with van der Waals surface area (Å²) in [6, 6.07) is 6.85. The van der Waals surface area contributed by atoms with E-state index in [-0.39, 0.29) is 17.1 Å². The van der Waals surface area contributed by atoms with E-state index in [1.54, 1.807) is 0 Å². The topological polar surface area (TPSA) is 138 Å². The zero-order valence-electron chi connectivity index (χ0n) is 17.9. The molecule has 3 N–H and O–H groups in total. The monoisotopic (exact) mass is 549 g/mol. The summed E-state index contributed by atoms with van der Waals surface area (Å²) in [6.45, 7) is 0. The first-order valence-electron chi connectivity index (χ1n) is 9.64. The van der Waals surface area contributed by atoms with E-state index >= 15 is 4.39 Å². The van der Waals surface area contributed by atoms with Gasteiger partial charge in [-0.3, -0.25) is 14.6 Å². The molecule has 0 aliphatic heterocycles. The first kappa shape index (κ1) is 27.3. The zero-order chi connectivity index (χ0) is 27.5. The molecule has 1 aromatic heterocycles. The number of nitrogens with zero attached hydrogens (tertiary/aromatic N) is 1. The van der Waals surface area contributed by atoms with Crippen molar-refractivity contribution < 1.29 is 53.8 Å². The van der Waals surface area contributed by atoms with Crippen molar-refractivity contribution >= 4 is 27.3 Å². The maximum atomic E-state index is 15.2. The molecule has 1 heterocycles. The van der Waals surface area contributed by atoms with Crippen LogP contribution in [0, 0.1) is 5.82 Å². The summed E-state index contributed by atoms with van der Waals surface area (Å²) in [5.41, 5.74) is 3.49. The fraction of sp³-hybridized carbons (Fsp3) is 0.0952. The van der Waals surface area contributed by atoms with Crippen molar-refractivity contribution in [3.05, 3.63) is 71.8 Å². The molecule has 0 radical (unpaired) electrons. The summed E-state index contributed by atoms with van der Waals surface area (Å²) >= 11 is 0. The van der Waals surface area contributed by atoms with Gasteiger partial charge in [0.2, 0.25) is 9.84 Å². The Labute approximate surface area is 203 Å². The smallest absolute Gasteiger partial charge is 0.456 e. The van der Waals surface area contributed by atoms with Crippen LogP contribution in [0.4, 0.5) is 32.0 Å². The molecule has 0 fully saturated rings. The van der Waals surface area contributed by atoms with Gasteiger partial charge in [-0.05, 0) is 48.5 Å². The number of pyridine rings is 1. The Kier molecular flexibility index (Phi) is 7.61. The van der Waals surface area contributed by atoms with Crippen LogP contribution in [0.15, 0.2) is 59.6 Å². The lowest BCUT2D eigenvalue weighted by Gasteiger charge is -2.15. The Morgan fingerprint density at radius 1 is 1.00 bits per heavy atom. The van der Waals surface area contributed by atoms with Crippen LogP contribution in [0.2, 0.25) is 0 Å². The van der Waals surface area contributed by atoms with Crippen molar-refractivity contribution in [2.24, 2.45) is 5.73 Å². The normalized spacial score (nSPS) is 11.8. The van der Waals surface area contributed by atoms with Crippen LogP contribution in [0.3, 0.4) is 0 Å². The largest absolute Gasteiger partial charge is 0.573 e.